The van der Waals surface area contributed by atoms with E-state index in [1.807, 2.05) is 0 Å². The summed E-state index contributed by atoms with van der Waals surface area (Å²) in [5.74, 6) is 0.444. The van der Waals surface area contributed by atoms with Gasteiger partial charge >= 0.3 is 0 Å². The van der Waals surface area contributed by atoms with Crippen LogP contribution in [0.2, 0.25) is 0 Å². The average Bonchev–Trinajstić information content (AvgIpc) is 2.48. The fourth-order valence-electron chi connectivity index (χ4n) is 1.49. The van der Waals surface area contributed by atoms with Crippen molar-refractivity contribution in [2.45, 2.75) is 0 Å². The number of benzene rings is 1. The Balaban J connectivity index is 3.05. The van der Waals surface area contributed by atoms with Gasteiger partial charge in [0.2, 0.25) is 0 Å². The third-order valence-electron chi connectivity index (χ3n) is 2.47. The van der Waals surface area contributed by atoms with Crippen LogP contribution in [0.1, 0.15) is 5.56 Å². The molecule has 1 rings (SSSR count). The van der Waals surface area contributed by atoms with Gasteiger partial charge in [0.25, 0.3) is 5.69 Å². The minimum atomic E-state index is -0.638. The molecule has 1 aromatic carbocycles. The molecule has 0 heterocycles. The van der Waals surface area contributed by atoms with Crippen molar-refractivity contribution in [3.05, 3.63) is 27.8 Å². The first-order chi connectivity index (χ1) is 10.1. The van der Waals surface area contributed by atoms with Crippen LogP contribution in [0.25, 0.3) is 0 Å². The number of rotatable bonds is 9. The zero-order chi connectivity index (χ0) is 15.7. The molecule has 0 N–H and O–H groups in total. The van der Waals surface area contributed by atoms with Gasteiger partial charge in [0.1, 0.15) is 24.8 Å². The molecule has 0 aliphatic rings. The highest BCUT2D eigenvalue weighted by atomic mass is 16.6. The molecule has 0 spiro atoms. The van der Waals surface area contributed by atoms with Crippen LogP contribution in [-0.4, -0.2) is 45.6 Å². The zero-order valence-corrected chi connectivity index (χ0v) is 11.8. The van der Waals surface area contributed by atoms with Gasteiger partial charge in [-0.3, -0.25) is 10.1 Å². The second kappa shape index (κ2) is 8.73. The highest BCUT2D eigenvalue weighted by Crippen LogP contribution is 2.34. The lowest BCUT2D eigenvalue weighted by molar-refractivity contribution is -0.385. The van der Waals surface area contributed by atoms with Crippen molar-refractivity contribution in [1.82, 2.24) is 0 Å². The van der Waals surface area contributed by atoms with Gasteiger partial charge in [0, 0.05) is 20.3 Å². The quantitative estimate of drug-likeness (QED) is 0.386. The molecule has 8 heteroatoms. The Kier molecular flexibility index (Phi) is 6.94. The molecule has 1 aromatic rings. The Morgan fingerprint density at radius 1 is 1.10 bits per heavy atom. The standard InChI is InChI=1S/C13H16N2O6/c1-18-3-5-20-12-7-10(9-14)11(15(16)17)8-13(12)21-6-4-19-2/h7-8H,3-6H2,1-2H3. The smallest absolute Gasteiger partial charge is 0.291 e. The van der Waals surface area contributed by atoms with Gasteiger partial charge in [0.15, 0.2) is 11.5 Å². The van der Waals surface area contributed by atoms with Crippen molar-refractivity contribution in [2.75, 3.05) is 40.6 Å². The van der Waals surface area contributed by atoms with Crippen molar-refractivity contribution in [2.24, 2.45) is 0 Å². The Hall–Kier alpha value is -2.37. The third-order valence-corrected chi connectivity index (χ3v) is 2.47. The Bertz CT molecular complexity index is 526. The molecule has 114 valence electrons. The van der Waals surface area contributed by atoms with Crippen molar-refractivity contribution < 1.29 is 23.9 Å². The fourth-order valence-corrected chi connectivity index (χ4v) is 1.49. The highest BCUT2D eigenvalue weighted by molar-refractivity contribution is 5.58. The van der Waals surface area contributed by atoms with Crippen LogP contribution in [0.5, 0.6) is 11.5 Å². The minimum Gasteiger partial charge on any atom is -0.487 e. The molecule has 0 fully saturated rings. The second-order valence-corrected chi connectivity index (χ2v) is 3.87. The third kappa shape index (κ3) is 4.91. The van der Waals surface area contributed by atoms with E-state index in [0.29, 0.717) is 13.2 Å². The molecule has 0 atom stereocenters. The minimum absolute atomic E-state index is 0.0912. The molecule has 0 unspecified atom stereocenters. The molecule has 0 saturated heterocycles. The number of hydrogen-bond donors (Lipinski definition) is 0. The van der Waals surface area contributed by atoms with Crippen molar-refractivity contribution in [1.29, 1.82) is 5.26 Å². The Labute approximate surface area is 121 Å². The van der Waals surface area contributed by atoms with E-state index < -0.39 is 4.92 Å². The fraction of sp³-hybridized carbons (Fsp3) is 0.462. The number of nitro groups is 1. The van der Waals surface area contributed by atoms with E-state index in [9.17, 15) is 10.1 Å². The molecule has 0 aliphatic heterocycles. The molecule has 0 aliphatic carbocycles. The van der Waals surface area contributed by atoms with Gasteiger partial charge in [-0.2, -0.15) is 5.26 Å². The number of nitriles is 1. The van der Waals surface area contributed by atoms with Gasteiger partial charge in [-0.1, -0.05) is 0 Å². The maximum atomic E-state index is 10.9. The van der Waals surface area contributed by atoms with Crippen LogP contribution in [-0.2, 0) is 9.47 Å². The van der Waals surface area contributed by atoms with Crippen LogP contribution in [0.3, 0.4) is 0 Å². The molecular formula is C13H16N2O6. The summed E-state index contributed by atoms with van der Waals surface area (Å²) >= 11 is 0. The van der Waals surface area contributed by atoms with Crippen LogP contribution >= 0.6 is 0 Å². The second-order valence-electron chi connectivity index (χ2n) is 3.87. The molecule has 0 aromatic heterocycles. The van der Waals surface area contributed by atoms with Crippen molar-refractivity contribution in [3.8, 4) is 17.6 Å². The first-order valence-corrected chi connectivity index (χ1v) is 6.10. The lowest BCUT2D eigenvalue weighted by atomic mass is 10.1. The monoisotopic (exact) mass is 296 g/mol. The predicted octanol–water partition coefficient (Wildman–Crippen LogP) is 1.52. The summed E-state index contributed by atoms with van der Waals surface area (Å²) in [6, 6.07) is 4.23. The maximum Gasteiger partial charge on any atom is 0.291 e. The molecule has 21 heavy (non-hydrogen) atoms. The summed E-state index contributed by atoms with van der Waals surface area (Å²) in [6.45, 7) is 1.11. The summed E-state index contributed by atoms with van der Waals surface area (Å²) in [5.41, 5.74) is -0.421. The summed E-state index contributed by atoms with van der Waals surface area (Å²) in [5, 5.41) is 19.9. The molecule has 0 saturated carbocycles. The van der Waals surface area contributed by atoms with Gasteiger partial charge in [0.05, 0.1) is 24.2 Å². The summed E-state index contributed by atoms with van der Waals surface area (Å²) < 4.78 is 20.5. The molecule has 0 amide bonds. The van der Waals surface area contributed by atoms with E-state index in [-0.39, 0.29) is 36.0 Å². The summed E-state index contributed by atoms with van der Waals surface area (Å²) in [7, 11) is 3.04. The lowest BCUT2D eigenvalue weighted by Gasteiger charge is -2.13. The number of methoxy groups -OCH3 is 2. The van der Waals surface area contributed by atoms with Crippen molar-refractivity contribution in [3.63, 3.8) is 0 Å². The molecular weight excluding hydrogens is 280 g/mol. The van der Waals surface area contributed by atoms with Crippen LogP contribution in [0, 0.1) is 21.4 Å². The topological polar surface area (TPSA) is 104 Å². The molecule has 0 radical (unpaired) electrons. The van der Waals surface area contributed by atoms with E-state index >= 15 is 0 Å². The summed E-state index contributed by atoms with van der Waals surface area (Å²) in [4.78, 5) is 10.3. The SMILES string of the molecule is COCCOc1cc(C#N)c([N+](=O)[O-])cc1OCCOC. The Morgan fingerprint density at radius 2 is 1.62 bits per heavy atom. The van der Waals surface area contributed by atoms with Crippen LogP contribution in [0.15, 0.2) is 12.1 Å². The zero-order valence-electron chi connectivity index (χ0n) is 11.8. The van der Waals surface area contributed by atoms with Crippen molar-refractivity contribution >= 4 is 5.69 Å². The summed E-state index contributed by atoms with van der Waals surface area (Å²) in [6.07, 6.45) is 0. The van der Waals surface area contributed by atoms with Gasteiger partial charge in [-0.25, -0.2) is 0 Å². The van der Waals surface area contributed by atoms with Gasteiger partial charge in [-0.05, 0) is 0 Å². The number of ether oxygens (including phenoxy) is 4. The van der Waals surface area contributed by atoms with Gasteiger partial charge < -0.3 is 18.9 Å². The van der Waals surface area contributed by atoms with E-state index in [1.54, 1.807) is 6.07 Å². The van der Waals surface area contributed by atoms with E-state index in [2.05, 4.69) is 0 Å². The predicted molar refractivity (Wildman–Crippen MR) is 72.6 cm³/mol. The first-order valence-electron chi connectivity index (χ1n) is 6.10. The maximum absolute atomic E-state index is 10.9. The van der Waals surface area contributed by atoms with E-state index in [4.69, 9.17) is 24.2 Å². The van der Waals surface area contributed by atoms with E-state index in [0.717, 1.165) is 0 Å². The molecule has 0 bridgehead atoms. The number of nitrogens with zero attached hydrogens (tertiary/aromatic N) is 2. The first kappa shape index (κ1) is 16.7. The highest BCUT2D eigenvalue weighted by Gasteiger charge is 2.20. The Morgan fingerprint density at radius 3 is 2.05 bits per heavy atom. The normalized spacial score (nSPS) is 9.95. The average molecular weight is 296 g/mol. The van der Waals surface area contributed by atoms with E-state index in [1.165, 1.54) is 26.4 Å². The van der Waals surface area contributed by atoms with Crippen LogP contribution in [0.4, 0.5) is 5.69 Å². The van der Waals surface area contributed by atoms with Crippen LogP contribution < -0.4 is 9.47 Å². The lowest BCUT2D eigenvalue weighted by Crippen LogP contribution is -2.09. The number of hydrogen-bond acceptors (Lipinski definition) is 7. The van der Waals surface area contributed by atoms with Gasteiger partial charge in [-0.15, -0.1) is 0 Å². The number of nitro benzene ring substituents is 1. The largest absolute Gasteiger partial charge is 0.487 e. The molecule has 8 nitrogen and oxygen atoms in total.